The Morgan fingerprint density at radius 1 is 0.698 bits per heavy atom. The molecule has 8 aliphatic rings. The van der Waals surface area contributed by atoms with Crippen LogP contribution in [0.3, 0.4) is 0 Å². The second kappa shape index (κ2) is 4.44. The van der Waals surface area contributed by atoms with Crippen LogP contribution in [0.5, 0.6) is 0 Å². The van der Waals surface area contributed by atoms with Gasteiger partial charge in [0, 0.05) is 23.2 Å². The Labute approximate surface area is 241 Å². The van der Waals surface area contributed by atoms with Gasteiger partial charge in [0.25, 0.3) is 0 Å². The molecule has 43 heavy (non-hydrogen) atoms. The highest BCUT2D eigenvalue weighted by Gasteiger charge is 2.78. The molecule has 17 rings (SSSR count). The van der Waals surface area contributed by atoms with Gasteiger partial charge in [0.1, 0.15) is 0 Å². The first kappa shape index (κ1) is 18.1. The molecule has 0 radical (unpaired) electrons. The van der Waals surface area contributed by atoms with Crippen molar-refractivity contribution in [3.63, 3.8) is 0 Å². The summed E-state index contributed by atoms with van der Waals surface area (Å²) in [7, 11) is 0. The quantitative estimate of drug-likeness (QED) is 0.213. The molecule has 192 valence electrons. The van der Waals surface area contributed by atoms with Crippen LogP contribution in [0.1, 0.15) is 68.7 Å². The van der Waals surface area contributed by atoms with Crippen LogP contribution in [0.15, 0.2) is 30.3 Å². The summed E-state index contributed by atoms with van der Waals surface area (Å²) in [5, 5.41) is 36.8. The molecule has 0 aromatic heterocycles. The van der Waals surface area contributed by atoms with Crippen LogP contribution in [-0.4, -0.2) is 11.1 Å². The van der Waals surface area contributed by atoms with E-state index in [1.807, 2.05) is 0 Å². The molecule has 1 N–H and O–H groups in total. The molecule has 1 fully saturated rings. The van der Waals surface area contributed by atoms with Crippen molar-refractivity contribution in [2.75, 3.05) is 0 Å². The zero-order valence-corrected chi connectivity index (χ0v) is 22.6. The van der Waals surface area contributed by atoms with Crippen LogP contribution in [0, 0.1) is 17.3 Å². The van der Waals surface area contributed by atoms with E-state index in [2.05, 4.69) is 36.4 Å². The highest BCUT2D eigenvalue weighted by atomic mass is 16.4. The summed E-state index contributed by atoms with van der Waals surface area (Å²) in [4.78, 5) is 13.1. The summed E-state index contributed by atoms with van der Waals surface area (Å²) < 4.78 is 0. The standard InChI is InChI=1S/C41H16O2/c42-40(43)39-37-16-7-14-5-11-1-9-2-12-3-10-4-13-6-15-8-41(37,39)38-24(16)29-22(14)27-19(11)17(9)25-21(12)26-18(10)20(13)28-23(15)36(38)35-33(28)31(26)30(25)32(27)34(29)35/h1-4,7-8,13,20,37-39H,5-6H2,(H,42,43). The van der Waals surface area contributed by atoms with E-state index in [9.17, 15) is 9.90 Å². The highest BCUT2D eigenvalue weighted by Crippen LogP contribution is 2.85. The second-order valence-corrected chi connectivity index (χ2v) is 15.8. The van der Waals surface area contributed by atoms with Crippen molar-refractivity contribution in [2.24, 2.45) is 17.3 Å². The molecule has 0 saturated heterocycles. The Kier molecular flexibility index (Phi) is 1.86. The minimum absolute atomic E-state index is 0.104. The number of fused-ring (bicyclic) bond motifs is 1. The molecular formula is C41H16O2. The van der Waals surface area contributed by atoms with Gasteiger partial charge in [-0.15, -0.1) is 0 Å². The van der Waals surface area contributed by atoms with E-state index in [1.54, 1.807) is 76.1 Å². The first-order valence-corrected chi connectivity index (χ1v) is 16.2. The van der Waals surface area contributed by atoms with Gasteiger partial charge >= 0.3 is 5.97 Å². The van der Waals surface area contributed by atoms with Crippen LogP contribution in [0.2, 0.25) is 0 Å². The summed E-state index contributed by atoms with van der Waals surface area (Å²) in [6.45, 7) is 0. The van der Waals surface area contributed by atoms with E-state index in [0.717, 1.165) is 12.8 Å². The van der Waals surface area contributed by atoms with Gasteiger partial charge in [0.05, 0.1) is 5.92 Å². The molecule has 1 spiro atoms. The number of carboxylic acids is 1. The van der Waals surface area contributed by atoms with E-state index in [4.69, 9.17) is 0 Å². The monoisotopic (exact) mass is 540 g/mol. The van der Waals surface area contributed by atoms with Crippen LogP contribution in [0.4, 0.5) is 0 Å². The molecular weight excluding hydrogens is 524 g/mol. The number of benzene rings is 5. The molecule has 2 heteroatoms. The van der Waals surface area contributed by atoms with Gasteiger partial charge in [0.15, 0.2) is 0 Å². The summed E-state index contributed by atoms with van der Waals surface area (Å²) in [5.74, 6) is 0.315. The maximum absolute atomic E-state index is 13.1. The van der Waals surface area contributed by atoms with Crippen molar-refractivity contribution < 1.29 is 9.90 Å². The molecule has 8 aliphatic carbocycles. The summed E-state index contributed by atoms with van der Waals surface area (Å²) in [6.07, 6.45) is 7.20. The Morgan fingerprint density at radius 2 is 1.37 bits per heavy atom. The third-order valence-corrected chi connectivity index (χ3v) is 15.0. The second-order valence-electron chi connectivity index (χ2n) is 15.8. The zero-order valence-electron chi connectivity index (χ0n) is 22.6. The first-order chi connectivity index (χ1) is 21.2. The van der Waals surface area contributed by atoms with Crippen molar-refractivity contribution in [3.05, 3.63) is 80.1 Å². The average Bonchev–Trinajstić information content (AvgIpc) is 3.60. The van der Waals surface area contributed by atoms with Crippen LogP contribution >= 0.6 is 0 Å². The van der Waals surface area contributed by atoms with E-state index < -0.39 is 5.97 Å². The fraction of sp³-hybridized carbons (Fsp3) is 0.195. The predicted octanol–water partition coefficient (Wildman–Crippen LogP) is 8.19. The van der Waals surface area contributed by atoms with Crippen LogP contribution in [-0.2, 0) is 11.2 Å². The van der Waals surface area contributed by atoms with Gasteiger partial charge < -0.3 is 5.11 Å². The lowest BCUT2D eigenvalue weighted by Gasteiger charge is -2.38. The van der Waals surface area contributed by atoms with Crippen LogP contribution < -0.4 is 5.22 Å². The number of hydrogen-bond donors (Lipinski definition) is 1. The minimum atomic E-state index is -0.592. The SMILES string of the molecule is O=C(O)C1C2c3cc4c5c6c3C3c7c8c9c%10c7c6c6c5c5c(cc7cc%11cc%12c(c%13c%11c(c75)c6c%10%13)C9C(C=%12)CC8=CC312)C4. The summed E-state index contributed by atoms with van der Waals surface area (Å²) >= 11 is 0. The Hall–Kier alpha value is -4.69. The van der Waals surface area contributed by atoms with Gasteiger partial charge in [-0.05, 0) is 172 Å². The van der Waals surface area contributed by atoms with Crippen LogP contribution in [0.25, 0.3) is 97.8 Å². The topological polar surface area (TPSA) is 37.3 Å². The fourth-order valence-corrected chi connectivity index (χ4v) is 14.4. The van der Waals surface area contributed by atoms with Gasteiger partial charge in [-0.1, -0.05) is 24.3 Å². The van der Waals surface area contributed by atoms with E-state index in [0.29, 0.717) is 11.8 Å². The predicted molar refractivity (Wildman–Crippen MR) is 170 cm³/mol. The van der Waals surface area contributed by atoms with Gasteiger partial charge in [0.2, 0.25) is 0 Å². The largest absolute Gasteiger partial charge is 0.481 e. The maximum Gasteiger partial charge on any atom is 0.308 e. The molecule has 0 aliphatic heterocycles. The zero-order chi connectivity index (χ0) is 26.6. The molecule has 0 bridgehead atoms. The molecule has 0 amide bonds. The molecule has 6 atom stereocenters. The number of aliphatic carboxylic acids is 1. The molecule has 1 saturated carbocycles. The smallest absolute Gasteiger partial charge is 0.308 e. The lowest BCUT2D eigenvalue weighted by atomic mass is 9.64. The van der Waals surface area contributed by atoms with Crippen molar-refractivity contribution in [1.82, 2.24) is 0 Å². The van der Waals surface area contributed by atoms with Crippen molar-refractivity contribution in [3.8, 4) is 0 Å². The first-order valence-electron chi connectivity index (χ1n) is 16.2. The van der Waals surface area contributed by atoms with Crippen molar-refractivity contribution in [2.45, 2.75) is 30.6 Å². The number of carboxylic acid groups (broad SMARTS) is 1. The number of carbonyl (C=O) groups is 1. The molecule has 9 aromatic carbocycles. The van der Waals surface area contributed by atoms with E-state index >= 15 is 0 Å². The van der Waals surface area contributed by atoms with Gasteiger partial charge in [-0.25, -0.2) is 0 Å². The Balaban J connectivity index is 1.36. The highest BCUT2D eigenvalue weighted by molar-refractivity contribution is 6.59. The molecule has 0 heterocycles. The Bertz CT molecular complexity index is 3280. The van der Waals surface area contributed by atoms with Gasteiger partial charge in [-0.2, -0.15) is 0 Å². The molecule has 6 unspecified atom stereocenters. The van der Waals surface area contributed by atoms with E-state index in [1.165, 1.54) is 65.4 Å². The summed E-state index contributed by atoms with van der Waals surface area (Å²) in [5.41, 5.74) is 13.4. The normalized spacial score (nSPS) is 31.4. The molecule has 2 nitrogen and oxygen atoms in total. The third kappa shape index (κ3) is 1.21. The number of rotatable bonds is 1. The lowest BCUT2D eigenvalue weighted by molar-refractivity contribution is -0.139. The summed E-state index contributed by atoms with van der Waals surface area (Å²) in [6, 6.07) is 10.1. The Morgan fingerprint density at radius 3 is 2.26 bits per heavy atom. The maximum atomic E-state index is 13.1. The van der Waals surface area contributed by atoms with Gasteiger partial charge in [-0.3, -0.25) is 4.79 Å². The van der Waals surface area contributed by atoms with Crippen molar-refractivity contribution >= 4 is 104 Å². The molecule has 9 aromatic rings. The fourth-order valence-electron chi connectivity index (χ4n) is 14.4. The number of allylic oxidation sites excluding steroid dienone is 2. The van der Waals surface area contributed by atoms with E-state index in [-0.39, 0.29) is 23.2 Å². The lowest BCUT2D eigenvalue weighted by Crippen LogP contribution is -2.26. The third-order valence-electron chi connectivity index (χ3n) is 15.0. The average molecular weight is 541 g/mol. The van der Waals surface area contributed by atoms with Crippen molar-refractivity contribution in [1.29, 1.82) is 0 Å². The number of hydrogen-bond acceptors (Lipinski definition) is 1. The minimum Gasteiger partial charge on any atom is -0.481 e.